The molecule has 92 valence electrons. The summed E-state index contributed by atoms with van der Waals surface area (Å²) < 4.78 is 0.923. The van der Waals surface area contributed by atoms with Crippen molar-refractivity contribution in [3.63, 3.8) is 0 Å². The molecule has 0 fully saturated rings. The van der Waals surface area contributed by atoms with Crippen LogP contribution in [0.4, 0.5) is 0 Å². The molecule has 6 nitrogen and oxygen atoms in total. The molecule has 0 aliphatic heterocycles. The van der Waals surface area contributed by atoms with Crippen LogP contribution >= 0.6 is 0 Å². The van der Waals surface area contributed by atoms with Crippen LogP contribution in [-0.2, 0) is 14.4 Å². The first kappa shape index (κ1) is 24.4. The van der Waals surface area contributed by atoms with Gasteiger partial charge >= 0.3 is 40.3 Å². The molecule has 7 heteroatoms. The van der Waals surface area contributed by atoms with E-state index in [1.165, 1.54) is 0 Å². The Labute approximate surface area is 109 Å². The van der Waals surface area contributed by atoms with E-state index in [1.807, 2.05) is 0 Å². The third-order valence-corrected chi connectivity index (χ3v) is 0. The predicted octanol–water partition coefficient (Wildman–Crippen LogP) is -2.75. The van der Waals surface area contributed by atoms with Gasteiger partial charge < -0.3 is 29.7 Å². The first-order valence-corrected chi connectivity index (χ1v) is 5.82. The predicted molar refractivity (Wildman–Crippen MR) is 52.9 cm³/mol. The summed E-state index contributed by atoms with van der Waals surface area (Å²) in [5.74, 6) is -3.25. The normalized spacial score (nSPS) is 7.00. The zero-order chi connectivity index (χ0) is 14.3. The van der Waals surface area contributed by atoms with Crippen molar-refractivity contribution in [3.05, 3.63) is 0 Å². The van der Waals surface area contributed by atoms with E-state index in [0.29, 0.717) is 0 Å². The summed E-state index contributed by atoms with van der Waals surface area (Å²) in [7, 11) is 0. The van der Waals surface area contributed by atoms with Gasteiger partial charge in [-0.2, -0.15) is 0 Å². The second-order valence-electron chi connectivity index (χ2n) is 2.63. The quantitative estimate of drug-likeness (QED) is 0.441. The zero-order valence-electron chi connectivity index (χ0n) is 10.0. The second kappa shape index (κ2) is 19.7. The molecule has 0 rings (SSSR count). The van der Waals surface area contributed by atoms with Crippen LogP contribution in [0.1, 0.15) is 34.6 Å². The van der Waals surface area contributed by atoms with Crippen molar-refractivity contribution in [3.8, 4) is 0 Å². The molecule has 0 radical (unpaired) electrons. The maximum absolute atomic E-state index is 8.89. The van der Waals surface area contributed by atoms with E-state index in [0.717, 1.165) is 24.7 Å². The molecule has 0 aromatic carbocycles. The van der Waals surface area contributed by atoms with E-state index in [4.69, 9.17) is 29.7 Å². The molecule has 0 saturated carbocycles. The molecular formula is C9H16O6Sn. The average molecular weight is 339 g/mol. The molecule has 0 saturated heterocycles. The SMILES string of the molecule is CC(=O)[O-].CC(=O)[O-].CC(=O)[O-].C[CH](C)[Sn+3]. The number of carbonyl (C=O) groups excluding carboxylic acids is 3. The molecule has 0 amide bonds. The zero-order valence-corrected chi connectivity index (χ0v) is 12.9. The molecule has 0 unspecified atom stereocenters. The Hall–Kier alpha value is -0.791. The summed E-state index contributed by atoms with van der Waals surface area (Å²) in [6.07, 6.45) is 0. The van der Waals surface area contributed by atoms with Crippen molar-refractivity contribution in [2.75, 3.05) is 0 Å². The van der Waals surface area contributed by atoms with E-state index in [9.17, 15) is 0 Å². The van der Waals surface area contributed by atoms with E-state index < -0.39 is 17.9 Å². The Balaban J connectivity index is -0.0000000600. The van der Waals surface area contributed by atoms with Gasteiger partial charge in [0, 0.05) is 17.9 Å². The Kier molecular flexibility index (Phi) is 30.1. The molecule has 0 heterocycles. The number of carboxylic acid groups (broad SMARTS) is 3. The molecule has 0 aromatic rings. The van der Waals surface area contributed by atoms with Crippen LogP contribution in [0.15, 0.2) is 0 Å². The Bertz CT molecular complexity index is 147. The van der Waals surface area contributed by atoms with Gasteiger partial charge in [0.05, 0.1) is 0 Å². The van der Waals surface area contributed by atoms with E-state index >= 15 is 0 Å². The standard InChI is InChI=1S/C3H7.3C2H4O2.Sn/c1-3-2;3*1-2(3)4;/h3H,1-2H3;3*1H3,(H,3,4);/q;;;;+3/p-3. The molecular weight excluding hydrogens is 323 g/mol. The molecule has 0 aliphatic rings. The molecule has 0 N–H and O–H groups in total. The summed E-state index contributed by atoms with van der Waals surface area (Å²) >= 11 is 1.64. The minimum atomic E-state index is -1.08. The first-order valence-electron chi connectivity index (χ1n) is 4.17. The van der Waals surface area contributed by atoms with Crippen LogP contribution in [0.5, 0.6) is 0 Å². The summed E-state index contributed by atoms with van der Waals surface area (Å²) in [6.45, 7) is 7.33. The molecule has 0 spiro atoms. The van der Waals surface area contributed by atoms with Gasteiger partial charge in [-0.25, -0.2) is 0 Å². The Morgan fingerprint density at radius 3 is 0.812 bits per heavy atom. The van der Waals surface area contributed by atoms with Crippen LogP contribution < -0.4 is 15.3 Å². The molecule has 0 bridgehead atoms. The number of carboxylic acids is 3. The van der Waals surface area contributed by atoms with Crippen molar-refractivity contribution in [2.45, 2.75) is 38.6 Å². The number of aliphatic carboxylic acids is 3. The number of carbonyl (C=O) groups is 3. The van der Waals surface area contributed by atoms with Crippen LogP contribution in [0.25, 0.3) is 0 Å². The number of hydrogen-bond acceptors (Lipinski definition) is 6. The van der Waals surface area contributed by atoms with Gasteiger partial charge in [-0.05, 0) is 20.8 Å². The van der Waals surface area contributed by atoms with Gasteiger partial charge in [0.1, 0.15) is 0 Å². The average Bonchev–Trinajstić information content (AvgIpc) is 1.76. The van der Waals surface area contributed by atoms with Crippen LogP contribution in [0.2, 0.25) is 3.93 Å². The summed E-state index contributed by atoms with van der Waals surface area (Å²) in [5.41, 5.74) is 0. The Morgan fingerprint density at radius 1 is 0.812 bits per heavy atom. The third-order valence-electron chi connectivity index (χ3n) is 0. The molecule has 16 heavy (non-hydrogen) atoms. The van der Waals surface area contributed by atoms with Crippen LogP contribution in [0, 0.1) is 0 Å². The fourth-order valence-corrected chi connectivity index (χ4v) is 0. The van der Waals surface area contributed by atoms with E-state index in [1.54, 1.807) is 22.5 Å². The van der Waals surface area contributed by atoms with Crippen molar-refractivity contribution < 1.29 is 29.7 Å². The van der Waals surface area contributed by atoms with Crippen molar-refractivity contribution in [1.29, 1.82) is 0 Å². The molecule has 0 atom stereocenters. The second-order valence-corrected chi connectivity index (χ2v) is 5.93. The fourth-order valence-electron chi connectivity index (χ4n) is 0. The van der Waals surface area contributed by atoms with Gasteiger partial charge in [0.2, 0.25) is 0 Å². The van der Waals surface area contributed by atoms with Gasteiger partial charge in [-0.3, -0.25) is 0 Å². The minimum absolute atomic E-state index is 0.923. The van der Waals surface area contributed by atoms with Gasteiger partial charge in [0.25, 0.3) is 0 Å². The van der Waals surface area contributed by atoms with Crippen molar-refractivity contribution in [1.82, 2.24) is 0 Å². The fraction of sp³-hybridized carbons (Fsp3) is 0.667. The summed E-state index contributed by atoms with van der Waals surface area (Å²) in [5, 5.41) is 26.7. The third kappa shape index (κ3) is 3140. The Morgan fingerprint density at radius 2 is 0.812 bits per heavy atom. The summed E-state index contributed by atoms with van der Waals surface area (Å²) in [6, 6.07) is 0. The van der Waals surface area contributed by atoms with E-state index in [2.05, 4.69) is 13.8 Å². The van der Waals surface area contributed by atoms with Gasteiger partial charge in [-0.15, -0.1) is 0 Å². The molecule has 0 aliphatic carbocycles. The van der Waals surface area contributed by atoms with Gasteiger partial charge in [0.15, 0.2) is 0 Å². The van der Waals surface area contributed by atoms with Crippen molar-refractivity contribution >= 4 is 40.4 Å². The molecule has 0 aromatic heterocycles. The van der Waals surface area contributed by atoms with E-state index in [-0.39, 0.29) is 0 Å². The topological polar surface area (TPSA) is 120 Å². The maximum atomic E-state index is 8.89. The monoisotopic (exact) mass is 340 g/mol. The van der Waals surface area contributed by atoms with Crippen LogP contribution in [0.3, 0.4) is 0 Å². The first-order chi connectivity index (χ1) is 6.93. The van der Waals surface area contributed by atoms with Crippen molar-refractivity contribution in [2.24, 2.45) is 0 Å². The number of hydrogen-bond donors (Lipinski definition) is 0. The van der Waals surface area contributed by atoms with Crippen LogP contribution in [-0.4, -0.2) is 40.4 Å². The number of rotatable bonds is 0. The van der Waals surface area contributed by atoms with Gasteiger partial charge in [-0.1, -0.05) is 0 Å². The summed E-state index contributed by atoms with van der Waals surface area (Å²) in [4.78, 5) is 26.7.